The van der Waals surface area contributed by atoms with E-state index in [0.717, 1.165) is 16.8 Å². The topological polar surface area (TPSA) is 123 Å². The maximum atomic E-state index is 12.6. The van der Waals surface area contributed by atoms with Gasteiger partial charge in [-0.05, 0) is 47.5 Å². The van der Waals surface area contributed by atoms with Crippen molar-refractivity contribution in [2.24, 2.45) is 0 Å². The summed E-state index contributed by atoms with van der Waals surface area (Å²) in [7, 11) is 0. The van der Waals surface area contributed by atoms with Gasteiger partial charge in [0, 0.05) is 31.9 Å². The lowest BCUT2D eigenvalue weighted by molar-refractivity contribution is -0.136. The van der Waals surface area contributed by atoms with Gasteiger partial charge in [-0.25, -0.2) is 4.79 Å². The maximum Gasteiger partial charge on any atom is 0.340 e. The molecule has 3 aromatic rings. The van der Waals surface area contributed by atoms with Gasteiger partial charge >= 0.3 is 5.97 Å². The summed E-state index contributed by atoms with van der Waals surface area (Å²) in [6, 6.07) is 12.6. The van der Waals surface area contributed by atoms with E-state index in [9.17, 15) is 14.4 Å². The molecule has 1 N–H and O–H groups in total. The number of rotatable bonds is 7. The fraction of sp³-hybridized carbons (Fsp3) is 0.333. The molecule has 0 radical (unpaired) electrons. The van der Waals surface area contributed by atoms with E-state index in [1.807, 2.05) is 36.9 Å². The highest BCUT2D eigenvalue weighted by Gasteiger charge is 2.24. The quantitative estimate of drug-likeness (QED) is 0.504. The molecule has 0 spiro atoms. The highest BCUT2D eigenvalue weighted by atomic mass is 16.5. The number of esters is 1. The van der Waals surface area contributed by atoms with Gasteiger partial charge in [0.25, 0.3) is 5.91 Å². The lowest BCUT2D eigenvalue weighted by Gasteiger charge is -2.34. The third-order valence-electron chi connectivity index (χ3n) is 5.88. The Kier molecular flexibility index (Phi) is 7.46. The van der Waals surface area contributed by atoms with Crippen molar-refractivity contribution < 1.29 is 19.1 Å². The molecule has 1 aromatic heterocycles. The molecule has 11 nitrogen and oxygen atoms in total. The van der Waals surface area contributed by atoms with Gasteiger partial charge in [0.2, 0.25) is 5.91 Å². The standard InChI is InChI=1S/C24H27N7O4/c1-17-6-5-7-18(2)23(17)26-21(32)14-29-10-12-30(13-11-29)22(33)15-35-24(34)19-8-3-4-9-20(19)31-16-25-27-28-31/h3-9,16H,10-15H2,1-2H3,(H,26,32). The second kappa shape index (κ2) is 10.9. The summed E-state index contributed by atoms with van der Waals surface area (Å²) in [6.45, 7) is 5.83. The molecule has 0 unspecified atom stereocenters. The minimum Gasteiger partial charge on any atom is -0.452 e. The minimum absolute atomic E-state index is 0.0858. The lowest BCUT2D eigenvalue weighted by atomic mass is 10.1. The molecule has 1 aliphatic rings. The van der Waals surface area contributed by atoms with E-state index in [1.54, 1.807) is 29.2 Å². The Morgan fingerprint density at radius 1 is 0.971 bits per heavy atom. The van der Waals surface area contributed by atoms with E-state index in [-0.39, 0.29) is 30.5 Å². The first-order valence-electron chi connectivity index (χ1n) is 11.3. The minimum atomic E-state index is -0.633. The van der Waals surface area contributed by atoms with Crippen molar-refractivity contribution in [3.05, 3.63) is 65.5 Å². The van der Waals surface area contributed by atoms with Crippen LogP contribution in [0, 0.1) is 13.8 Å². The number of tetrazole rings is 1. The van der Waals surface area contributed by atoms with Crippen molar-refractivity contribution in [1.82, 2.24) is 30.0 Å². The van der Waals surface area contributed by atoms with Crippen molar-refractivity contribution in [3.63, 3.8) is 0 Å². The molecule has 35 heavy (non-hydrogen) atoms. The van der Waals surface area contributed by atoms with Gasteiger partial charge < -0.3 is 15.0 Å². The molecule has 0 aliphatic carbocycles. The van der Waals surface area contributed by atoms with E-state index in [0.29, 0.717) is 31.9 Å². The van der Waals surface area contributed by atoms with Crippen LogP contribution in [-0.4, -0.2) is 87.1 Å². The van der Waals surface area contributed by atoms with Gasteiger partial charge in [0.05, 0.1) is 17.8 Å². The summed E-state index contributed by atoms with van der Waals surface area (Å²) in [5.41, 5.74) is 3.60. The highest BCUT2D eigenvalue weighted by molar-refractivity contribution is 5.95. The molecule has 1 fully saturated rings. The molecule has 2 amide bonds. The van der Waals surface area contributed by atoms with Gasteiger partial charge in [-0.15, -0.1) is 5.10 Å². The largest absolute Gasteiger partial charge is 0.452 e. The molecule has 182 valence electrons. The van der Waals surface area contributed by atoms with Crippen LogP contribution in [0.15, 0.2) is 48.8 Å². The maximum absolute atomic E-state index is 12.6. The van der Waals surface area contributed by atoms with Gasteiger partial charge in [-0.3, -0.25) is 14.5 Å². The molecule has 0 saturated carbocycles. The summed E-state index contributed by atoms with van der Waals surface area (Å²) in [4.78, 5) is 41.4. The Bertz CT molecular complexity index is 1180. The van der Waals surface area contributed by atoms with Crippen LogP contribution in [0.1, 0.15) is 21.5 Å². The van der Waals surface area contributed by atoms with Crippen LogP contribution in [0.3, 0.4) is 0 Å². The third kappa shape index (κ3) is 5.87. The van der Waals surface area contributed by atoms with E-state index in [1.165, 1.54) is 11.0 Å². The Hall–Kier alpha value is -4.12. The number of benzene rings is 2. The number of nitrogens with one attached hydrogen (secondary N) is 1. The Morgan fingerprint density at radius 2 is 1.69 bits per heavy atom. The molecule has 4 rings (SSSR count). The number of para-hydroxylation sites is 2. The number of nitrogens with zero attached hydrogens (tertiary/aromatic N) is 6. The molecule has 1 saturated heterocycles. The zero-order valence-electron chi connectivity index (χ0n) is 19.7. The molecule has 2 heterocycles. The van der Waals surface area contributed by atoms with Crippen molar-refractivity contribution in [2.75, 3.05) is 44.6 Å². The van der Waals surface area contributed by atoms with Gasteiger partial charge in [0.1, 0.15) is 6.33 Å². The highest BCUT2D eigenvalue weighted by Crippen LogP contribution is 2.19. The van der Waals surface area contributed by atoms with Crippen LogP contribution >= 0.6 is 0 Å². The predicted molar refractivity (Wildman–Crippen MR) is 127 cm³/mol. The zero-order valence-corrected chi connectivity index (χ0v) is 19.7. The van der Waals surface area contributed by atoms with Crippen molar-refractivity contribution in [1.29, 1.82) is 0 Å². The molecular formula is C24H27N7O4. The zero-order chi connectivity index (χ0) is 24.8. The number of aromatic nitrogens is 4. The van der Waals surface area contributed by atoms with E-state index in [2.05, 4.69) is 20.8 Å². The summed E-state index contributed by atoms with van der Waals surface area (Å²) in [6.07, 6.45) is 1.37. The Labute approximate surface area is 202 Å². The first kappa shape index (κ1) is 24.0. The molecule has 0 bridgehead atoms. The number of piperazine rings is 1. The van der Waals surface area contributed by atoms with Crippen molar-refractivity contribution in [3.8, 4) is 5.69 Å². The molecule has 2 aromatic carbocycles. The lowest BCUT2D eigenvalue weighted by Crippen LogP contribution is -2.51. The van der Waals surface area contributed by atoms with E-state index < -0.39 is 5.97 Å². The number of aryl methyl sites for hydroxylation is 2. The first-order valence-corrected chi connectivity index (χ1v) is 11.3. The summed E-state index contributed by atoms with van der Waals surface area (Å²) < 4.78 is 6.63. The Morgan fingerprint density at radius 3 is 2.37 bits per heavy atom. The second-order valence-corrected chi connectivity index (χ2v) is 8.32. The number of hydrogen-bond donors (Lipinski definition) is 1. The average Bonchev–Trinajstić information content (AvgIpc) is 3.40. The molecule has 1 aliphatic heterocycles. The SMILES string of the molecule is Cc1cccc(C)c1NC(=O)CN1CCN(C(=O)COC(=O)c2ccccc2-n2cnnn2)CC1. The normalized spacial score (nSPS) is 13.9. The van der Waals surface area contributed by atoms with Gasteiger partial charge in [-0.1, -0.05) is 30.3 Å². The van der Waals surface area contributed by atoms with E-state index >= 15 is 0 Å². The smallest absolute Gasteiger partial charge is 0.340 e. The number of anilines is 1. The van der Waals surface area contributed by atoms with Crippen LogP contribution in [0.4, 0.5) is 5.69 Å². The molecular weight excluding hydrogens is 450 g/mol. The third-order valence-corrected chi connectivity index (χ3v) is 5.88. The average molecular weight is 478 g/mol. The molecule has 11 heteroatoms. The summed E-state index contributed by atoms with van der Waals surface area (Å²) in [5, 5.41) is 13.9. The predicted octanol–water partition coefficient (Wildman–Crippen LogP) is 1.22. The monoisotopic (exact) mass is 477 g/mol. The van der Waals surface area contributed by atoms with Crippen LogP contribution in [0.2, 0.25) is 0 Å². The number of carbonyl (C=O) groups is 3. The van der Waals surface area contributed by atoms with Crippen LogP contribution < -0.4 is 5.32 Å². The van der Waals surface area contributed by atoms with Crippen LogP contribution in [0.5, 0.6) is 0 Å². The fourth-order valence-corrected chi connectivity index (χ4v) is 3.96. The first-order chi connectivity index (χ1) is 16.9. The van der Waals surface area contributed by atoms with Crippen molar-refractivity contribution in [2.45, 2.75) is 13.8 Å². The summed E-state index contributed by atoms with van der Waals surface area (Å²) in [5.74, 6) is -0.999. The molecule has 0 atom stereocenters. The van der Waals surface area contributed by atoms with Gasteiger partial charge in [-0.2, -0.15) is 4.68 Å². The van der Waals surface area contributed by atoms with Crippen molar-refractivity contribution >= 4 is 23.5 Å². The number of amides is 2. The van der Waals surface area contributed by atoms with Crippen LogP contribution in [-0.2, 0) is 14.3 Å². The fourth-order valence-electron chi connectivity index (χ4n) is 3.96. The second-order valence-electron chi connectivity index (χ2n) is 8.32. The van der Waals surface area contributed by atoms with Gasteiger partial charge in [0.15, 0.2) is 6.61 Å². The Balaban J connectivity index is 1.24. The van der Waals surface area contributed by atoms with Crippen LogP contribution in [0.25, 0.3) is 5.69 Å². The number of ether oxygens (including phenoxy) is 1. The number of hydrogen-bond acceptors (Lipinski definition) is 8. The summed E-state index contributed by atoms with van der Waals surface area (Å²) >= 11 is 0. The number of carbonyl (C=O) groups excluding carboxylic acids is 3. The van der Waals surface area contributed by atoms with E-state index in [4.69, 9.17) is 4.74 Å².